The van der Waals surface area contributed by atoms with Crippen molar-refractivity contribution >= 4 is 6.03 Å². The lowest BCUT2D eigenvalue weighted by Crippen LogP contribution is -2.25. The van der Waals surface area contributed by atoms with Crippen molar-refractivity contribution in [3.8, 4) is 11.5 Å². The third-order valence-electron chi connectivity index (χ3n) is 2.67. The number of urea groups is 1. The highest BCUT2D eigenvalue weighted by Crippen LogP contribution is 2.23. The number of nitrogens with zero attached hydrogens (tertiary/aromatic N) is 2. The monoisotopic (exact) mass is 235 g/mol. The molecule has 1 saturated heterocycles. The Hall–Kier alpha value is -1.91. The van der Waals surface area contributed by atoms with Gasteiger partial charge in [0.05, 0.1) is 20.8 Å². The van der Waals surface area contributed by atoms with Crippen LogP contribution in [0.5, 0.6) is 11.5 Å². The molecule has 0 aliphatic carbocycles. The van der Waals surface area contributed by atoms with Gasteiger partial charge < -0.3 is 14.4 Å². The van der Waals surface area contributed by atoms with Crippen LogP contribution < -0.4 is 14.8 Å². The van der Waals surface area contributed by atoms with E-state index in [1.54, 1.807) is 25.2 Å². The molecule has 0 bridgehead atoms. The van der Waals surface area contributed by atoms with Gasteiger partial charge in [-0.2, -0.15) is 0 Å². The Bertz CT molecular complexity index is 398. The largest absolute Gasteiger partial charge is 0.497 e. The maximum absolute atomic E-state index is 11.4. The molecule has 1 aromatic rings. The molecule has 1 radical (unpaired) electrons. The van der Waals surface area contributed by atoms with Crippen LogP contribution in [0, 0.1) is 0 Å². The van der Waals surface area contributed by atoms with Gasteiger partial charge in [-0.1, -0.05) is 0 Å². The van der Waals surface area contributed by atoms with Gasteiger partial charge in [0.1, 0.15) is 11.5 Å². The Kier molecular flexibility index (Phi) is 3.37. The number of hydrogen-bond donors (Lipinski definition) is 0. The molecule has 2 rings (SSSR count). The highest BCUT2D eigenvalue weighted by molar-refractivity contribution is 5.75. The van der Waals surface area contributed by atoms with Crippen LogP contribution in [0.2, 0.25) is 0 Å². The standard InChI is InChI=1S/C12H15N2O3/c1-16-10-5-9(6-11(7-10)17-2)8-14-4-3-13-12(14)15/h5-7H,3-4,8H2,1-2H3. The molecule has 0 saturated carbocycles. The van der Waals surface area contributed by atoms with Gasteiger partial charge in [0.25, 0.3) is 0 Å². The highest BCUT2D eigenvalue weighted by Gasteiger charge is 2.21. The second-order valence-corrected chi connectivity index (χ2v) is 3.81. The predicted octanol–water partition coefficient (Wildman–Crippen LogP) is 1.24. The van der Waals surface area contributed by atoms with Crippen molar-refractivity contribution < 1.29 is 14.3 Å². The Morgan fingerprint density at radius 1 is 1.24 bits per heavy atom. The van der Waals surface area contributed by atoms with E-state index < -0.39 is 0 Å². The first-order chi connectivity index (χ1) is 8.22. The van der Waals surface area contributed by atoms with Crippen LogP contribution in [0.15, 0.2) is 18.2 Å². The molecule has 0 N–H and O–H groups in total. The minimum atomic E-state index is -0.146. The van der Waals surface area contributed by atoms with E-state index in [1.807, 2.05) is 12.1 Å². The third kappa shape index (κ3) is 2.61. The van der Waals surface area contributed by atoms with Gasteiger partial charge in [-0.3, -0.25) is 0 Å². The van der Waals surface area contributed by atoms with E-state index in [1.165, 1.54) is 0 Å². The molecule has 1 aliphatic rings. The lowest BCUT2D eigenvalue weighted by molar-refractivity contribution is 0.215. The van der Waals surface area contributed by atoms with Gasteiger partial charge in [0.2, 0.25) is 0 Å². The quantitative estimate of drug-likeness (QED) is 0.789. The normalized spacial score (nSPS) is 14.7. The topological polar surface area (TPSA) is 52.9 Å². The van der Waals surface area contributed by atoms with E-state index in [0.717, 1.165) is 17.1 Å². The highest BCUT2D eigenvalue weighted by atomic mass is 16.5. The third-order valence-corrected chi connectivity index (χ3v) is 2.67. The van der Waals surface area contributed by atoms with Crippen LogP contribution >= 0.6 is 0 Å². The van der Waals surface area contributed by atoms with Crippen LogP contribution in [0.1, 0.15) is 5.56 Å². The molecule has 0 unspecified atom stereocenters. The lowest BCUT2D eigenvalue weighted by Gasteiger charge is -2.15. The van der Waals surface area contributed by atoms with E-state index in [4.69, 9.17) is 9.47 Å². The zero-order chi connectivity index (χ0) is 12.3. The van der Waals surface area contributed by atoms with E-state index >= 15 is 0 Å². The number of rotatable bonds is 4. The summed E-state index contributed by atoms with van der Waals surface area (Å²) in [4.78, 5) is 13.1. The van der Waals surface area contributed by atoms with E-state index in [0.29, 0.717) is 19.6 Å². The van der Waals surface area contributed by atoms with Gasteiger partial charge in [0, 0.05) is 19.2 Å². The van der Waals surface area contributed by atoms with Gasteiger partial charge in [-0.25, -0.2) is 10.1 Å². The summed E-state index contributed by atoms with van der Waals surface area (Å²) in [6.45, 7) is 1.80. The van der Waals surface area contributed by atoms with Gasteiger partial charge >= 0.3 is 6.03 Å². The fourth-order valence-electron chi connectivity index (χ4n) is 1.79. The van der Waals surface area contributed by atoms with E-state index in [9.17, 15) is 4.79 Å². The second kappa shape index (κ2) is 4.95. The van der Waals surface area contributed by atoms with Crippen molar-refractivity contribution in [3.05, 3.63) is 23.8 Å². The number of methoxy groups -OCH3 is 2. The van der Waals surface area contributed by atoms with Crippen molar-refractivity contribution in [2.45, 2.75) is 6.54 Å². The van der Waals surface area contributed by atoms with Crippen molar-refractivity contribution in [1.82, 2.24) is 10.2 Å². The zero-order valence-electron chi connectivity index (χ0n) is 9.97. The molecule has 1 heterocycles. The van der Waals surface area contributed by atoms with Crippen LogP contribution in [0.3, 0.4) is 0 Å². The molecule has 1 aromatic carbocycles. The second-order valence-electron chi connectivity index (χ2n) is 3.81. The van der Waals surface area contributed by atoms with Gasteiger partial charge in [-0.05, 0) is 17.7 Å². The fourth-order valence-corrected chi connectivity index (χ4v) is 1.79. The van der Waals surface area contributed by atoms with Crippen LogP contribution in [-0.2, 0) is 6.54 Å². The Morgan fingerprint density at radius 3 is 2.35 bits per heavy atom. The summed E-state index contributed by atoms with van der Waals surface area (Å²) in [5.74, 6) is 1.45. The molecule has 17 heavy (non-hydrogen) atoms. The van der Waals surface area contributed by atoms with E-state index in [-0.39, 0.29) is 6.03 Å². The first-order valence-corrected chi connectivity index (χ1v) is 5.41. The van der Waals surface area contributed by atoms with Crippen molar-refractivity contribution in [3.63, 3.8) is 0 Å². The maximum Gasteiger partial charge on any atom is 0.339 e. The smallest absolute Gasteiger partial charge is 0.339 e. The zero-order valence-corrected chi connectivity index (χ0v) is 9.97. The molecule has 2 amide bonds. The first kappa shape index (κ1) is 11.6. The summed E-state index contributed by atoms with van der Waals surface area (Å²) in [5, 5.41) is 3.82. The molecular weight excluding hydrogens is 220 g/mol. The number of amides is 2. The molecular formula is C12H15N2O3. The average molecular weight is 235 g/mol. The summed E-state index contributed by atoms with van der Waals surface area (Å²) in [7, 11) is 3.21. The van der Waals surface area contributed by atoms with Gasteiger partial charge in [0.15, 0.2) is 0 Å². The minimum absolute atomic E-state index is 0.146. The minimum Gasteiger partial charge on any atom is -0.497 e. The molecule has 0 atom stereocenters. The van der Waals surface area contributed by atoms with Crippen molar-refractivity contribution in [2.24, 2.45) is 0 Å². The molecule has 5 nitrogen and oxygen atoms in total. The van der Waals surface area contributed by atoms with Crippen LogP contribution in [0.4, 0.5) is 4.79 Å². The Balaban J connectivity index is 2.16. The Morgan fingerprint density at radius 2 is 1.88 bits per heavy atom. The van der Waals surface area contributed by atoms with Crippen molar-refractivity contribution in [2.75, 3.05) is 27.3 Å². The lowest BCUT2D eigenvalue weighted by atomic mass is 10.2. The molecule has 91 valence electrons. The first-order valence-electron chi connectivity index (χ1n) is 5.41. The fraction of sp³-hybridized carbons (Fsp3) is 0.417. The van der Waals surface area contributed by atoms with Crippen LogP contribution in [-0.4, -0.2) is 38.2 Å². The molecule has 5 heteroatoms. The maximum atomic E-state index is 11.4. The average Bonchev–Trinajstić information content (AvgIpc) is 2.74. The number of benzene rings is 1. The molecule has 1 fully saturated rings. The van der Waals surface area contributed by atoms with Gasteiger partial charge in [-0.15, -0.1) is 0 Å². The summed E-state index contributed by atoms with van der Waals surface area (Å²) in [6.07, 6.45) is 0. The van der Waals surface area contributed by atoms with Crippen molar-refractivity contribution in [1.29, 1.82) is 0 Å². The molecule has 1 aliphatic heterocycles. The summed E-state index contributed by atoms with van der Waals surface area (Å²) >= 11 is 0. The number of carbonyl (C=O) groups is 1. The molecule has 0 spiro atoms. The number of carbonyl (C=O) groups excluding carboxylic acids is 1. The SMILES string of the molecule is COc1cc(CN2CC[N]C2=O)cc(OC)c1. The summed E-state index contributed by atoms with van der Waals surface area (Å²) in [6, 6.07) is 5.45. The van der Waals surface area contributed by atoms with E-state index in [2.05, 4.69) is 5.32 Å². The summed E-state index contributed by atoms with van der Waals surface area (Å²) < 4.78 is 10.4. The number of hydrogen-bond acceptors (Lipinski definition) is 3. The van der Waals surface area contributed by atoms with Crippen LogP contribution in [0.25, 0.3) is 0 Å². The summed E-state index contributed by atoms with van der Waals surface area (Å²) in [5.41, 5.74) is 0.978. The number of ether oxygens (including phenoxy) is 2. The molecule has 0 aromatic heterocycles. The Labute approximate surface area is 100 Å². The predicted molar refractivity (Wildman–Crippen MR) is 62.4 cm³/mol.